The highest BCUT2D eigenvalue weighted by atomic mass is 35.5. The minimum Gasteiger partial charge on any atom is -0.374 e. The highest BCUT2D eigenvalue weighted by molar-refractivity contribution is 6.33. The Morgan fingerprint density at radius 3 is 3.10 bits per heavy atom. The van der Waals surface area contributed by atoms with Crippen LogP contribution >= 0.6 is 11.6 Å². The summed E-state index contributed by atoms with van der Waals surface area (Å²) in [5.41, 5.74) is 0.981. The van der Waals surface area contributed by atoms with Crippen molar-refractivity contribution >= 4 is 23.2 Å². The molecule has 3 rings (SSSR count). The van der Waals surface area contributed by atoms with Gasteiger partial charge in [0.2, 0.25) is 5.91 Å². The molecule has 0 radical (unpaired) electrons. The van der Waals surface area contributed by atoms with Crippen molar-refractivity contribution in [2.75, 3.05) is 31.1 Å². The maximum absolute atomic E-state index is 11.8. The number of hydrogen-bond acceptors (Lipinski definition) is 4. The van der Waals surface area contributed by atoms with Crippen LogP contribution in [0.1, 0.15) is 13.3 Å². The maximum Gasteiger partial charge on any atom is 0.219 e. The number of morpholine rings is 1. The van der Waals surface area contributed by atoms with Crippen molar-refractivity contribution in [3.8, 4) is 0 Å². The third-order valence-corrected chi connectivity index (χ3v) is 4.37. The summed E-state index contributed by atoms with van der Waals surface area (Å²) in [6, 6.07) is 2.03. The van der Waals surface area contributed by atoms with Crippen LogP contribution in [-0.4, -0.2) is 54.2 Å². The summed E-state index contributed by atoms with van der Waals surface area (Å²) in [7, 11) is 0. The largest absolute Gasteiger partial charge is 0.374 e. The van der Waals surface area contributed by atoms with E-state index in [0.29, 0.717) is 18.2 Å². The molecule has 2 fully saturated rings. The number of halogens is 1. The van der Waals surface area contributed by atoms with Gasteiger partial charge in [-0.2, -0.15) is 0 Å². The van der Waals surface area contributed by atoms with Crippen molar-refractivity contribution in [3.63, 3.8) is 0 Å². The van der Waals surface area contributed by atoms with Gasteiger partial charge < -0.3 is 14.5 Å². The number of fused-ring (bicyclic) bond motifs is 1. The molecule has 6 heteroatoms. The summed E-state index contributed by atoms with van der Waals surface area (Å²) in [6.45, 7) is 4.58. The molecular formula is C14H18ClN3O2. The number of aromatic nitrogens is 1. The number of carbonyl (C=O) groups excluding carboxylic acids is 1. The lowest BCUT2D eigenvalue weighted by Gasteiger charge is -2.47. The highest BCUT2D eigenvalue weighted by Crippen LogP contribution is 2.30. The van der Waals surface area contributed by atoms with Gasteiger partial charge in [0.15, 0.2) is 0 Å². The van der Waals surface area contributed by atoms with Crippen LogP contribution in [0.3, 0.4) is 0 Å². The average Bonchev–Trinajstić information content (AvgIpc) is 2.46. The van der Waals surface area contributed by atoms with Gasteiger partial charge >= 0.3 is 0 Å². The van der Waals surface area contributed by atoms with E-state index in [1.807, 2.05) is 11.0 Å². The lowest BCUT2D eigenvalue weighted by Crippen LogP contribution is -2.61. The molecule has 2 unspecified atom stereocenters. The summed E-state index contributed by atoms with van der Waals surface area (Å²) < 4.78 is 5.81. The Balaban J connectivity index is 1.81. The average molecular weight is 296 g/mol. The SMILES string of the molecule is CC(=O)N1CCOC2CCN(c3ccncc3Cl)CC21. The molecule has 2 aliphatic heterocycles. The fourth-order valence-corrected chi connectivity index (χ4v) is 3.34. The van der Waals surface area contributed by atoms with Gasteiger partial charge in [-0.15, -0.1) is 0 Å². The smallest absolute Gasteiger partial charge is 0.219 e. The molecule has 20 heavy (non-hydrogen) atoms. The fourth-order valence-electron chi connectivity index (χ4n) is 3.11. The first-order chi connectivity index (χ1) is 9.66. The Morgan fingerprint density at radius 1 is 1.50 bits per heavy atom. The second-order valence-electron chi connectivity index (χ2n) is 5.25. The summed E-state index contributed by atoms with van der Waals surface area (Å²) in [6.07, 6.45) is 4.45. The van der Waals surface area contributed by atoms with Crippen molar-refractivity contribution in [2.45, 2.75) is 25.5 Å². The number of piperidine rings is 1. The summed E-state index contributed by atoms with van der Waals surface area (Å²) in [5, 5.41) is 0.650. The van der Waals surface area contributed by atoms with E-state index in [2.05, 4.69) is 9.88 Å². The molecule has 0 aromatic carbocycles. The number of anilines is 1. The van der Waals surface area contributed by atoms with Gasteiger partial charge in [0.25, 0.3) is 0 Å². The molecule has 1 aromatic rings. The molecule has 2 aliphatic rings. The maximum atomic E-state index is 11.8. The molecule has 3 heterocycles. The van der Waals surface area contributed by atoms with Gasteiger partial charge in [-0.25, -0.2) is 0 Å². The molecule has 2 atom stereocenters. The number of amides is 1. The minimum absolute atomic E-state index is 0.110. The van der Waals surface area contributed by atoms with Gasteiger partial charge in [0, 0.05) is 39.0 Å². The first-order valence-corrected chi connectivity index (χ1v) is 7.28. The standard InChI is InChI=1S/C14H18ClN3O2/c1-10(19)18-6-7-20-14-3-5-17(9-13(14)18)12-2-4-16-8-11(12)15/h2,4,8,13-14H,3,5-7,9H2,1H3. The topological polar surface area (TPSA) is 45.7 Å². The number of nitrogens with zero attached hydrogens (tertiary/aromatic N) is 3. The van der Waals surface area contributed by atoms with Crippen molar-refractivity contribution in [1.29, 1.82) is 0 Å². The minimum atomic E-state index is 0.110. The summed E-state index contributed by atoms with van der Waals surface area (Å²) >= 11 is 6.22. The van der Waals surface area contributed by atoms with Gasteiger partial charge in [-0.05, 0) is 12.5 Å². The highest BCUT2D eigenvalue weighted by Gasteiger charge is 2.38. The number of carbonyl (C=O) groups is 1. The van der Waals surface area contributed by atoms with E-state index >= 15 is 0 Å². The van der Waals surface area contributed by atoms with Crippen LogP contribution in [0.5, 0.6) is 0 Å². The van der Waals surface area contributed by atoms with Crippen LogP contribution in [0.25, 0.3) is 0 Å². The second-order valence-corrected chi connectivity index (χ2v) is 5.66. The predicted molar refractivity (Wildman–Crippen MR) is 77.0 cm³/mol. The van der Waals surface area contributed by atoms with Gasteiger partial charge in [-0.3, -0.25) is 9.78 Å². The molecule has 2 saturated heterocycles. The molecule has 0 spiro atoms. The number of ether oxygens (including phenoxy) is 1. The zero-order valence-electron chi connectivity index (χ0n) is 11.5. The first kappa shape index (κ1) is 13.6. The van der Waals surface area contributed by atoms with Crippen molar-refractivity contribution < 1.29 is 9.53 Å². The Labute approximate surface area is 123 Å². The number of pyridine rings is 1. The van der Waals surface area contributed by atoms with Crippen molar-refractivity contribution in [2.24, 2.45) is 0 Å². The normalized spacial score (nSPS) is 26.3. The van der Waals surface area contributed by atoms with E-state index in [0.717, 1.165) is 25.2 Å². The zero-order valence-corrected chi connectivity index (χ0v) is 12.2. The monoisotopic (exact) mass is 295 g/mol. The van der Waals surface area contributed by atoms with Crippen LogP contribution < -0.4 is 4.90 Å². The molecule has 0 aliphatic carbocycles. The third kappa shape index (κ3) is 2.47. The Morgan fingerprint density at radius 2 is 2.35 bits per heavy atom. The van der Waals surface area contributed by atoms with Crippen LogP contribution in [0, 0.1) is 0 Å². The number of hydrogen-bond donors (Lipinski definition) is 0. The number of rotatable bonds is 1. The van der Waals surface area contributed by atoms with Crippen LogP contribution in [0.4, 0.5) is 5.69 Å². The lowest BCUT2D eigenvalue weighted by molar-refractivity contribution is -0.145. The predicted octanol–water partition coefficient (Wildman–Crippen LogP) is 1.56. The van der Waals surface area contributed by atoms with Crippen LogP contribution in [-0.2, 0) is 9.53 Å². The van der Waals surface area contributed by atoms with E-state index in [1.54, 1.807) is 19.3 Å². The second kappa shape index (κ2) is 5.58. The molecule has 108 valence electrons. The molecule has 0 bridgehead atoms. The lowest BCUT2D eigenvalue weighted by atomic mass is 9.98. The Hall–Kier alpha value is -1.33. The van der Waals surface area contributed by atoms with Gasteiger partial charge in [-0.1, -0.05) is 11.6 Å². The molecule has 5 nitrogen and oxygen atoms in total. The van der Waals surface area contributed by atoms with E-state index in [9.17, 15) is 4.79 Å². The molecule has 0 saturated carbocycles. The third-order valence-electron chi connectivity index (χ3n) is 4.08. The van der Waals surface area contributed by atoms with Gasteiger partial charge in [0.05, 0.1) is 29.5 Å². The Bertz CT molecular complexity index is 511. The summed E-state index contributed by atoms with van der Waals surface area (Å²) in [5.74, 6) is 0.117. The molecule has 0 N–H and O–H groups in total. The van der Waals surface area contributed by atoms with E-state index in [1.165, 1.54) is 0 Å². The van der Waals surface area contributed by atoms with E-state index in [-0.39, 0.29) is 18.1 Å². The van der Waals surface area contributed by atoms with Crippen LogP contribution in [0.2, 0.25) is 5.02 Å². The quantitative estimate of drug-likeness (QED) is 0.789. The zero-order chi connectivity index (χ0) is 14.1. The van der Waals surface area contributed by atoms with E-state index < -0.39 is 0 Å². The van der Waals surface area contributed by atoms with Crippen molar-refractivity contribution in [1.82, 2.24) is 9.88 Å². The first-order valence-electron chi connectivity index (χ1n) is 6.90. The molecule has 1 aromatic heterocycles. The summed E-state index contributed by atoms with van der Waals surface area (Å²) in [4.78, 5) is 19.9. The molecule has 1 amide bonds. The fraction of sp³-hybridized carbons (Fsp3) is 0.571. The van der Waals surface area contributed by atoms with Crippen LogP contribution in [0.15, 0.2) is 18.5 Å². The van der Waals surface area contributed by atoms with Gasteiger partial charge in [0.1, 0.15) is 0 Å². The van der Waals surface area contributed by atoms with E-state index in [4.69, 9.17) is 16.3 Å². The van der Waals surface area contributed by atoms with Crippen molar-refractivity contribution in [3.05, 3.63) is 23.5 Å². The molecular weight excluding hydrogens is 278 g/mol. The Kier molecular flexibility index (Phi) is 3.81.